The second-order valence-electron chi connectivity index (χ2n) is 5.97. The molecule has 2 heterocycles. The number of nitrogens with zero attached hydrogens (tertiary/aromatic N) is 2. The highest BCUT2D eigenvalue weighted by Crippen LogP contribution is 2.26. The van der Waals surface area contributed by atoms with Crippen molar-refractivity contribution >= 4 is 23.2 Å². The standard InChI is InChI=1S/C16H22ClN3O/c1-12(13-10-18-11-13)16(21)20-8-6-19(7-9-20)15-5-3-2-4-14(15)17/h2-5,12-13,18H,6-11H2,1H3. The number of anilines is 1. The van der Waals surface area contributed by atoms with Crippen molar-refractivity contribution in [3.8, 4) is 0 Å². The van der Waals surface area contributed by atoms with Crippen LogP contribution in [0.15, 0.2) is 24.3 Å². The van der Waals surface area contributed by atoms with Crippen molar-refractivity contribution in [3.05, 3.63) is 29.3 Å². The topological polar surface area (TPSA) is 35.6 Å². The monoisotopic (exact) mass is 307 g/mol. The first-order valence-corrected chi connectivity index (χ1v) is 8.03. The molecule has 0 saturated carbocycles. The zero-order valence-electron chi connectivity index (χ0n) is 12.4. The van der Waals surface area contributed by atoms with Crippen LogP contribution in [0.1, 0.15) is 6.92 Å². The molecule has 21 heavy (non-hydrogen) atoms. The fraction of sp³-hybridized carbons (Fsp3) is 0.562. The Labute approximate surface area is 131 Å². The van der Waals surface area contributed by atoms with Crippen LogP contribution in [0.4, 0.5) is 5.69 Å². The van der Waals surface area contributed by atoms with E-state index in [4.69, 9.17) is 11.6 Å². The smallest absolute Gasteiger partial charge is 0.225 e. The maximum absolute atomic E-state index is 12.5. The summed E-state index contributed by atoms with van der Waals surface area (Å²) in [6.45, 7) is 7.30. The van der Waals surface area contributed by atoms with E-state index in [1.54, 1.807) is 0 Å². The van der Waals surface area contributed by atoms with E-state index in [2.05, 4.69) is 17.1 Å². The fourth-order valence-corrected chi connectivity index (χ4v) is 3.29. The van der Waals surface area contributed by atoms with Gasteiger partial charge in [0.25, 0.3) is 0 Å². The third kappa shape index (κ3) is 3.01. The summed E-state index contributed by atoms with van der Waals surface area (Å²) in [5.74, 6) is 0.956. The molecule has 0 radical (unpaired) electrons. The van der Waals surface area contributed by atoms with Crippen molar-refractivity contribution < 1.29 is 4.79 Å². The number of hydrogen-bond acceptors (Lipinski definition) is 3. The molecule has 1 atom stereocenters. The molecule has 1 unspecified atom stereocenters. The first-order valence-electron chi connectivity index (χ1n) is 7.66. The van der Waals surface area contributed by atoms with Crippen molar-refractivity contribution in [1.29, 1.82) is 0 Å². The summed E-state index contributed by atoms with van der Waals surface area (Å²) >= 11 is 6.25. The van der Waals surface area contributed by atoms with Gasteiger partial charge < -0.3 is 15.1 Å². The summed E-state index contributed by atoms with van der Waals surface area (Å²) in [6, 6.07) is 7.91. The van der Waals surface area contributed by atoms with Crippen LogP contribution in [0.25, 0.3) is 0 Å². The second kappa shape index (κ2) is 6.24. The van der Waals surface area contributed by atoms with Gasteiger partial charge in [-0.25, -0.2) is 0 Å². The van der Waals surface area contributed by atoms with E-state index in [1.165, 1.54) is 0 Å². The largest absolute Gasteiger partial charge is 0.367 e. The average molecular weight is 308 g/mol. The number of piperazine rings is 1. The van der Waals surface area contributed by atoms with E-state index >= 15 is 0 Å². The first kappa shape index (κ1) is 14.7. The lowest BCUT2D eigenvalue weighted by molar-refractivity contribution is -0.137. The van der Waals surface area contributed by atoms with Gasteiger partial charge in [-0.3, -0.25) is 4.79 Å². The van der Waals surface area contributed by atoms with E-state index in [-0.39, 0.29) is 5.92 Å². The molecule has 2 aliphatic rings. The lowest BCUT2D eigenvalue weighted by Crippen LogP contribution is -2.54. The van der Waals surface area contributed by atoms with Gasteiger partial charge in [0.2, 0.25) is 5.91 Å². The molecule has 1 aromatic carbocycles. The van der Waals surface area contributed by atoms with Crippen LogP contribution in [0.5, 0.6) is 0 Å². The van der Waals surface area contributed by atoms with Crippen molar-refractivity contribution in [3.63, 3.8) is 0 Å². The van der Waals surface area contributed by atoms with E-state index in [0.717, 1.165) is 50.0 Å². The van der Waals surface area contributed by atoms with Crippen LogP contribution in [0.3, 0.4) is 0 Å². The molecule has 1 aromatic rings. The quantitative estimate of drug-likeness (QED) is 0.925. The summed E-state index contributed by atoms with van der Waals surface area (Å²) in [6.07, 6.45) is 0. The normalized spacial score (nSPS) is 21.0. The van der Waals surface area contributed by atoms with Crippen LogP contribution in [-0.2, 0) is 4.79 Å². The highest BCUT2D eigenvalue weighted by molar-refractivity contribution is 6.33. The molecule has 0 aromatic heterocycles. The number of amides is 1. The molecule has 0 aliphatic carbocycles. The minimum Gasteiger partial charge on any atom is -0.367 e. The summed E-state index contributed by atoms with van der Waals surface area (Å²) in [4.78, 5) is 16.8. The van der Waals surface area contributed by atoms with Gasteiger partial charge in [-0.2, -0.15) is 0 Å². The van der Waals surface area contributed by atoms with Crippen LogP contribution < -0.4 is 10.2 Å². The number of rotatable bonds is 3. The third-order valence-electron chi connectivity index (χ3n) is 4.69. The Balaban J connectivity index is 1.57. The van der Waals surface area contributed by atoms with E-state index in [1.807, 2.05) is 29.2 Å². The number of hydrogen-bond donors (Lipinski definition) is 1. The Morgan fingerprint density at radius 2 is 1.90 bits per heavy atom. The van der Waals surface area contributed by atoms with Gasteiger partial charge in [0.05, 0.1) is 10.7 Å². The highest BCUT2D eigenvalue weighted by Gasteiger charge is 2.32. The molecule has 114 valence electrons. The number of carbonyl (C=O) groups is 1. The summed E-state index contributed by atoms with van der Waals surface area (Å²) in [5.41, 5.74) is 1.07. The summed E-state index contributed by atoms with van der Waals surface area (Å²) < 4.78 is 0. The van der Waals surface area contributed by atoms with Crippen LogP contribution >= 0.6 is 11.6 Å². The maximum atomic E-state index is 12.5. The zero-order valence-corrected chi connectivity index (χ0v) is 13.1. The van der Waals surface area contributed by atoms with Crippen molar-refractivity contribution in [1.82, 2.24) is 10.2 Å². The first-order chi connectivity index (χ1) is 10.2. The molecule has 1 N–H and O–H groups in total. The maximum Gasteiger partial charge on any atom is 0.225 e. The molecule has 5 heteroatoms. The summed E-state index contributed by atoms with van der Waals surface area (Å²) in [5, 5.41) is 4.02. The average Bonchev–Trinajstić information content (AvgIpc) is 2.45. The van der Waals surface area contributed by atoms with Crippen LogP contribution in [0.2, 0.25) is 5.02 Å². The van der Waals surface area contributed by atoms with Crippen LogP contribution in [-0.4, -0.2) is 50.1 Å². The number of carbonyl (C=O) groups excluding carboxylic acids is 1. The SMILES string of the molecule is CC(C(=O)N1CCN(c2ccccc2Cl)CC1)C1CNC1. The summed E-state index contributed by atoms with van der Waals surface area (Å²) in [7, 11) is 0. The molecule has 2 fully saturated rings. The Morgan fingerprint density at radius 1 is 1.24 bits per heavy atom. The van der Waals surface area contributed by atoms with Gasteiger partial charge in [-0.1, -0.05) is 30.7 Å². The van der Waals surface area contributed by atoms with Crippen molar-refractivity contribution in [2.75, 3.05) is 44.2 Å². The highest BCUT2D eigenvalue weighted by atomic mass is 35.5. The number of benzene rings is 1. The lowest BCUT2D eigenvalue weighted by Gasteiger charge is -2.40. The second-order valence-corrected chi connectivity index (χ2v) is 6.38. The lowest BCUT2D eigenvalue weighted by atomic mass is 9.88. The molecule has 3 rings (SSSR count). The van der Waals surface area contributed by atoms with E-state index < -0.39 is 0 Å². The van der Waals surface area contributed by atoms with Crippen molar-refractivity contribution in [2.45, 2.75) is 6.92 Å². The number of halogens is 1. The minimum atomic E-state index is 0.137. The number of para-hydroxylation sites is 1. The molecule has 0 bridgehead atoms. The van der Waals surface area contributed by atoms with Crippen LogP contribution in [0, 0.1) is 11.8 Å². The van der Waals surface area contributed by atoms with E-state index in [0.29, 0.717) is 11.8 Å². The van der Waals surface area contributed by atoms with Gasteiger partial charge in [0.1, 0.15) is 0 Å². The Morgan fingerprint density at radius 3 is 2.48 bits per heavy atom. The predicted molar refractivity (Wildman–Crippen MR) is 85.8 cm³/mol. The molecule has 2 aliphatic heterocycles. The van der Waals surface area contributed by atoms with Gasteiger partial charge in [0, 0.05) is 32.1 Å². The Bertz CT molecular complexity index is 510. The minimum absolute atomic E-state index is 0.137. The fourth-order valence-electron chi connectivity index (χ4n) is 3.03. The Kier molecular flexibility index (Phi) is 4.36. The van der Waals surface area contributed by atoms with E-state index in [9.17, 15) is 4.79 Å². The predicted octanol–water partition coefficient (Wildman–Crippen LogP) is 1.84. The molecular weight excluding hydrogens is 286 g/mol. The molecule has 0 spiro atoms. The Hall–Kier alpha value is -1.26. The number of nitrogens with one attached hydrogen (secondary N) is 1. The zero-order chi connectivity index (χ0) is 14.8. The molecule has 1 amide bonds. The van der Waals surface area contributed by atoms with Gasteiger partial charge in [-0.05, 0) is 31.1 Å². The molecular formula is C16H22ClN3O. The molecule has 4 nitrogen and oxygen atoms in total. The molecule has 2 saturated heterocycles. The van der Waals surface area contributed by atoms with Crippen molar-refractivity contribution in [2.24, 2.45) is 11.8 Å². The van der Waals surface area contributed by atoms with Gasteiger partial charge >= 0.3 is 0 Å². The third-order valence-corrected chi connectivity index (χ3v) is 5.01. The van der Waals surface area contributed by atoms with Gasteiger partial charge in [0.15, 0.2) is 0 Å². The van der Waals surface area contributed by atoms with Gasteiger partial charge in [-0.15, -0.1) is 0 Å².